The van der Waals surface area contributed by atoms with Crippen LogP contribution in [-0.4, -0.2) is 59.3 Å². The van der Waals surface area contributed by atoms with Gasteiger partial charge in [-0.05, 0) is 62.4 Å². The number of hydrogen-bond acceptors (Lipinski definition) is 6. The molecule has 186 valence electrons. The van der Waals surface area contributed by atoms with Gasteiger partial charge in [0.15, 0.2) is 5.65 Å². The van der Waals surface area contributed by atoms with E-state index in [0.29, 0.717) is 11.4 Å². The lowest BCUT2D eigenvalue weighted by atomic mass is 10.0. The number of anilines is 3. The lowest BCUT2D eigenvalue weighted by Gasteiger charge is -2.34. The van der Waals surface area contributed by atoms with Gasteiger partial charge in [-0.1, -0.05) is 6.07 Å². The number of piperazine rings is 1. The molecule has 36 heavy (non-hydrogen) atoms. The fourth-order valence-corrected chi connectivity index (χ4v) is 5.37. The number of likely N-dealkylation sites (N-methyl/N-ethyl adjacent to an activating group) is 1. The van der Waals surface area contributed by atoms with Crippen molar-refractivity contribution in [2.75, 3.05) is 55.3 Å². The van der Waals surface area contributed by atoms with E-state index in [0.717, 1.165) is 79.9 Å². The Kier molecular flexibility index (Phi) is 5.72. The van der Waals surface area contributed by atoms with E-state index in [4.69, 9.17) is 10.8 Å². The number of hydrogen-bond donors (Lipinski definition) is 1. The van der Waals surface area contributed by atoms with Crippen LogP contribution in [0.2, 0.25) is 0 Å². The van der Waals surface area contributed by atoms with Crippen LogP contribution < -0.4 is 15.5 Å². The van der Waals surface area contributed by atoms with Gasteiger partial charge in [0, 0.05) is 43.9 Å². The van der Waals surface area contributed by atoms with Gasteiger partial charge in [0.25, 0.3) is 0 Å². The molecule has 7 nitrogen and oxygen atoms in total. The number of fused-ring (bicyclic) bond motifs is 1. The maximum absolute atomic E-state index is 14.6. The second-order valence-electron chi connectivity index (χ2n) is 9.69. The van der Waals surface area contributed by atoms with Crippen LogP contribution in [-0.2, 0) is 0 Å². The molecule has 2 saturated heterocycles. The maximum atomic E-state index is 14.6. The number of aromatic nitrogens is 3. The number of nitrogens with two attached hydrogens (primary N) is 1. The van der Waals surface area contributed by atoms with Crippen molar-refractivity contribution in [2.45, 2.75) is 18.9 Å². The Balaban J connectivity index is 1.36. The molecule has 2 fully saturated rings. The molecule has 2 aliphatic heterocycles. The van der Waals surface area contributed by atoms with Crippen LogP contribution in [0.5, 0.6) is 0 Å². The van der Waals surface area contributed by atoms with Crippen molar-refractivity contribution in [3.8, 4) is 11.3 Å². The molecule has 2 aromatic heterocycles. The molecular formula is C27H29F2N7. The van der Waals surface area contributed by atoms with Crippen molar-refractivity contribution >= 4 is 22.8 Å². The molecule has 4 aromatic rings. The lowest BCUT2D eigenvalue weighted by molar-refractivity contribution is 0.313. The zero-order valence-corrected chi connectivity index (χ0v) is 20.2. The van der Waals surface area contributed by atoms with Crippen molar-refractivity contribution in [3.63, 3.8) is 0 Å². The smallest absolute Gasteiger partial charge is 0.154 e. The van der Waals surface area contributed by atoms with Gasteiger partial charge in [0.05, 0.1) is 29.3 Å². The zero-order valence-electron chi connectivity index (χ0n) is 20.2. The molecule has 2 aliphatic rings. The first-order valence-corrected chi connectivity index (χ1v) is 12.4. The molecule has 4 heterocycles. The molecule has 1 unspecified atom stereocenters. The van der Waals surface area contributed by atoms with Gasteiger partial charge in [-0.25, -0.2) is 18.3 Å². The quantitative estimate of drug-likeness (QED) is 0.430. The summed E-state index contributed by atoms with van der Waals surface area (Å²) < 4.78 is 30.3. The van der Waals surface area contributed by atoms with Crippen LogP contribution in [0.1, 0.15) is 24.4 Å². The molecular weight excluding hydrogens is 460 g/mol. The molecule has 0 saturated carbocycles. The van der Waals surface area contributed by atoms with Crippen LogP contribution in [0.25, 0.3) is 16.9 Å². The molecule has 0 bridgehead atoms. The number of imidazole rings is 1. The molecule has 1 atom stereocenters. The van der Waals surface area contributed by atoms with Crippen molar-refractivity contribution in [1.82, 2.24) is 19.5 Å². The Morgan fingerprint density at radius 1 is 0.944 bits per heavy atom. The summed E-state index contributed by atoms with van der Waals surface area (Å²) in [5.41, 5.74) is 11.1. The molecule has 0 spiro atoms. The lowest BCUT2D eigenvalue weighted by Crippen LogP contribution is -2.44. The van der Waals surface area contributed by atoms with Crippen LogP contribution in [0.3, 0.4) is 0 Å². The van der Waals surface area contributed by atoms with Crippen LogP contribution in [0.4, 0.5) is 26.0 Å². The summed E-state index contributed by atoms with van der Waals surface area (Å²) in [6, 6.07) is 13.3. The second-order valence-corrected chi connectivity index (χ2v) is 9.69. The number of benzene rings is 2. The van der Waals surface area contributed by atoms with Crippen molar-refractivity contribution < 1.29 is 8.78 Å². The summed E-state index contributed by atoms with van der Waals surface area (Å²) >= 11 is 0. The van der Waals surface area contributed by atoms with Crippen LogP contribution in [0.15, 0.2) is 54.7 Å². The largest absolute Gasteiger partial charge is 0.397 e. The summed E-state index contributed by atoms with van der Waals surface area (Å²) in [6.45, 7) is 4.55. The Hall–Kier alpha value is -3.72. The van der Waals surface area contributed by atoms with Crippen molar-refractivity contribution in [3.05, 3.63) is 71.9 Å². The van der Waals surface area contributed by atoms with E-state index in [-0.39, 0.29) is 6.04 Å². The van der Waals surface area contributed by atoms with E-state index in [1.165, 1.54) is 12.1 Å². The van der Waals surface area contributed by atoms with Crippen LogP contribution >= 0.6 is 0 Å². The Morgan fingerprint density at radius 2 is 1.78 bits per heavy atom. The van der Waals surface area contributed by atoms with Gasteiger partial charge in [0.1, 0.15) is 17.5 Å². The Labute approximate surface area is 208 Å². The Bertz CT molecular complexity index is 1410. The van der Waals surface area contributed by atoms with Gasteiger partial charge in [-0.15, -0.1) is 5.10 Å². The molecule has 6 rings (SSSR count). The van der Waals surface area contributed by atoms with Crippen LogP contribution in [0, 0.1) is 11.6 Å². The molecule has 2 N–H and O–H groups in total. The minimum atomic E-state index is -0.432. The highest BCUT2D eigenvalue weighted by molar-refractivity contribution is 5.76. The number of nitrogen functional groups attached to an aromatic ring is 1. The van der Waals surface area contributed by atoms with Gasteiger partial charge in [-0.2, -0.15) is 0 Å². The van der Waals surface area contributed by atoms with Gasteiger partial charge in [-0.3, -0.25) is 0 Å². The summed E-state index contributed by atoms with van der Waals surface area (Å²) in [7, 11) is 2.13. The molecule has 0 radical (unpaired) electrons. The highest BCUT2D eigenvalue weighted by Gasteiger charge is 2.30. The number of nitrogens with zero attached hydrogens (tertiary/aromatic N) is 6. The first kappa shape index (κ1) is 22.7. The summed E-state index contributed by atoms with van der Waals surface area (Å²) in [4.78, 5) is 11.3. The van der Waals surface area contributed by atoms with E-state index in [1.54, 1.807) is 0 Å². The molecule has 2 aromatic carbocycles. The van der Waals surface area contributed by atoms with Crippen molar-refractivity contribution in [1.29, 1.82) is 0 Å². The standard InChI is InChI=1S/C27H29F2N7/c1-33-11-13-34(14-12-33)24-15-18(4-7-22(24)30)25-17-31-26-8-9-27(32-36(25)26)35-10-2-3-23(35)20-16-19(28)5-6-21(20)29/h4-9,15-17,23H,2-3,10-14,30H2,1H3. The monoisotopic (exact) mass is 489 g/mol. The predicted molar refractivity (Wildman–Crippen MR) is 138 cm³/mol. The molecule has 9 heteroatoms. The third-order valence-electron chi connectivity index (χ3n) is 7.38. The van der Waals surface area contributed by atoms with E-state index in [2.05, 4.69) is 32.8 Å². The van der Waals surface area contributed by atoms with Gasteiger partial charge in [0.2, 0.25) is 0 Å². The average molecular weight is 490 g/mol. The third kappa shape index (κ3) is 4.03. The maximum Gasteiger partial charge on any atom is 0.154 e. The average Bonchev–Trinajstić information content (AvgIpc) is 3.53. The molecule has 0 aliphatic carbocycles. The Morgan fingerprint density at radius 3 is 2.61 bits per heavy atom. The minimum absolute atomic E-state index is 0.266. The number of halogens is 2. The fourth-order valence-electron chi connectivity index (χ4n) is 5.37. The second kappa shape index (κ2) is 9.05. The van der Waals surface area contributed by atoms with Crippen molar-refractivity contribution in [2.24, 2.45) is 0 Å². The first-order valence-electron chi connectivity index (χ1n) is 12.4. The van der Waals surface area contributed by atoms with E-state index >= 15 is 0 Å². The predicted octanol–water partition coefficient (Wildman–Crippen LogP) is 4.35. The highest BCUT2D eigenvalue weighted by atomic mass is 19.1. The summed E-state index contributed by atoms with van der Waals surface area (Å²) in [5, 5.41) is 4.91. The number of rotatable bonds is 4. The SMILES string of the molecule is CN1CCN(c2cc(-c3cnc4ccc(N5CCCC5c5cc(F)ccc5F)nn34)ccc2N)CC1. The highest BCUT2D eigenvalue weighted by Crippen LogP contribution is 2.37. The van der Waals surface area contributed by atoms with E-state index < -0.39 is 11.6 Å². The first-order chi connectivity index (χ1) is 17.5. The van der Waals surface area contributed by atoms with E-state index in [1.807, 2.05) is 35.0 Å². The fraction of sp³-hybridized carbons (Fsp3) is 0.333. The summed E-state index contributed by atoms with van der Waals surface area (Å²) in [5.74, 6) is -0.114. The van der Waals surface area contributed by atoms with Gasteiger partial charge < -0.3 is 20.4 Å². The minimum Gasteiger partial charge on any atom is -0.397 e. The van der Waals surface area contributed by atoms with Gasteiger partial charge >= 0.3 is 0 Å². The summed E-state index contributed by atoms with van der Waals surface area (Å²) in [6.07, 6.45) is 3.44. The van der Waals surface area contributed by atoms with E-state index in [9.17, 15) is 8.78 Å². The molecule has 0 amide bonds. The topological polar surface area (TPSA) is 65.9 Å². The third-order valence-corrected chi connectivity index (χ3v) is 7.38. The zero-order chi connectivity index (χ0) is 24.8. The normalized spacial score (nSPS) is 18.9.